The van der Waals surface area contributed by atoms with Gasteiger partial charge >= 0.3 is 0 Å². The molecule has 100 valence electrons. The number of hydrogen-bond donors (Lipinski definition) is 0. The van der Waals surface area contributed by atoms with E-state index in [1.165, 1.54) is 12.1 Å². The highest BCUT2D eigenvalue weighted by Crippen LogP contribution is 2.23. The molecule has 0 unspecified atom stereocenters. The molecule has 0 aliphatic heterocycles. The number of rotatable bonds is 4. The Morgan fingerprint density at radius 3 is 2.90 bits per heavy atom. The van der Waals surface area contributed by atoms with Gasteiger partial charge in [0.2, 0.25) is 5.89 Å². The van der Waals surface area contributed by atoms with Crippen LogP contribution in [0, 0.1) is 5.82 Å². The van der Waals surface area contributed by atoms with Crippen molar-refractivity contribution in [1.29, 1.82) is 0 Å². The molecule has 3 aromatic rings. The quantitative estimate of drug-likeness (QED) is 0.675. The summed E-state index contributed by atoms with van der Waals surface area (Å²) in [6.45, 7) is 0. The number of aromatic nitrogens is 2. The summed E-state index contributed by atoms with van der Waals surface area (Å²) in [5.41, 5.74) is 1.44. The van der Waals surface area contributed by atoms with Crippen molar-refractivity contribution in [3.8, 4) is 11.5 Å². The van der Waals surface area contributed by atoms with E-state index in [-0.39, 0.29) is 5.82 Å². The minimum absolute atomic E-state index is 0.301. The molecule has 1 aromatic carbocycles. The summed E-state index contributed by atoms with van der Waals surface area (Å²) in [5.74, 6) is 0.793. The molecule has 0 atom stereocenters. The lowest BCUT2D eigenvalue weighted by Crippen LogP contribution is -1.84. The van der Waals surface area contributed by atoms with Gasteiger partial charge in [0, 0.05) is 17.5 Å². The maximum absolute atomic E-state index is 13.1. The second kappa shape index (κ2) is 5.88. The van der Waals surface area contributed by atoms with E-state index in [9.17, 15) is 4.39 Å². The summed E-state index contributed by atoms with van der Waals surface area (Å²) in [4.78, 5) is 8.58. The molecule has 0 saturated carbocycles. The van der Waals surface area contributed by atoms with Gasteiger partial charge in [-0.25, -0.2) is 14.4 Å². The third kappa shape index (κ3) is 3.05. The topological polar surface area (TPSA) is 38.9 Å². The molecular formula is C15H11FN2OS. The van der Waals surface area contributed by atoms with Gasteiger partial charge in [-0.2, -0.15) is 0 Å². The number of thioether (sulfide) groups is 1. The van der Waals surface area contributed by atoms with E-state index >= 15 is 0 Å². The zero-order chi connectivity index (χ0) is 13.8. The predicted octanol–water partition coefficient (Wildman–Crippen LogP) is 4.17. The summed E-state index contributed by atoms with van der Waals surface area (Å²) in [7, 11) is 0. The van der Waals surface area contributed by atoms with Crippen LogP contribution in [0.5, 0.6) is 0 Å². The lowest BCUT2D eigenvalue weighted by molar-refractivity contribution is 0.571. The van der Waals surface area contributed by atoms with Crippen LogP contribution >= 0.6 is 11.8 Å². The lowest BCUT2D eigenvalue weighted by atomic mass is 10.2. The fraction of sp³-hybridized carbons (Fsp3) is 0.0667. The molecule has 2 heterocycles. The number of hydrogen-bond acceptors (Lipinski definition) is 4. The first kappa shape index (κ1) is 12.9. The number of nitrogens with zero attached hydrogens (tertiary/aromatic N) is 2. The minimum Gasteiger partial charge on any atom is -0.444 e. The van der Waals surface area contributed by atoms with E-state index in [1.54, 1.807) is 36.4 Å². The Labute approximate surface area is 119 Å². The highest BCUT2D eigenvalue weighted by molar-refractivity contribution is 7.98. The molecule has 0 amide bonds. The zero-order valence-electron chi connectivity index (χ0n) is 10.5. The zero-order valence-corrected chi connectivity index (χ0v) is 11.3. The molecule has 2 aromatic heterocycles. The van der Waals surface area contributed by atoms with Gasteiger partial charge in [0.1, 0.15) is 12.1 Å². The van der Waals surface area contributed by atoms with Crippen LogP contribution in [-0.2, 0) is 5.75 Å². The van der Waals surface area contributed by atoms with Gasteiger partial charge in [-0.1, -0.05) is 23.9 Å². The molecule has 0 spiro atoms. The molecule has 0 saturated heterocycles. The maximum atomic E-state index is 13.1. The van der Waals surface area contributed by atoms with Crippen LogP contribution in [-0.4, -0.2) is 9.97 Å². The SMILES string of the molecule is Fc1cccc(-c2nc(CSc3ccccn3)co2)c1. The summed E-state index contributed by atoms with van der Waals surface area (Å²) in [5, 5.41) is 0.933. The van der Waals surface area contributed by atoms with Gasteiger partial charge < -0.3 is 4.42 Å². The Bertz CT molecular complexity index is 700. The van der Waals surface area contributed by atoms with E-state index < -0.39 is 0 Å². The van der Waals surface area contributed by atoms with Crippen molar-refractivity contribution in [3.63, 3.8) is 0 Å². The molecule has 0 fully saturated rings. The number of benzene rings is 1. The predicted molar refractivity (Wildman–Crippen MR) is 75.7 cm³/mol. The molecule has 3 rings (SSSR count). The maximum Gasteiger partial charge on any atom is 0.226 e. The van der Waals surface area contributed by atoms with Gasteiger partial charge in [0.05, 0.1) is 10.7 Å². The van der Waals surface area contributed by atoms with Crippen molar-refractivity contribution < 1.29 is 8.81 Å². The van der Waals surface area contributed by atoms with Crippen molar-refractivity contribution >= 4 is 11.8 Å². The highest BCUT2D eigenvalue weighted by Gasteiger charge is 2.08. The molecule has 0 N–H and O–H groups in total. The summed E-state index contributed by atoms with van der Waals surface area (Å²) < 4.78 is 18.5. The van der Waals surface area contributed by atoms with Crippen LogP contribution in [0.25, 0.3) is 11.5 Å². The first-order chi connectivity index (χ1) is 9.81. The Morgan fingerprint density at radius 2 is 2.10 bits per heavy atom. The molecule has 3 nitrogen and oxygen atoms in total. The van der Waals surface area contributed by atoms with Crippen molar-refractivity contribution in [2.75, 3.05) is 0 Å². The Kier molecular flexibility index (Phi) is 3.78. The molecule has 5 heteroatoms. The van der Waals surface area contributed by atoms with Crippen LogP contribution in [0.15, 0.2) is 64.4 Å². The molecule has 0 bridgehead atoms. The van der Waals surface area contributed by atoms with Crippen LogP contribution in [0.1, 0.15) is 5.69 Å². The first-order valence-corrected chi connectivity index (χ1v) is 7.04. The monoisotopic (exact) mass is 286 g/mol. The van der Waals surface area contributed by atoms with E-state index in [1.807, 2.05) is 18.2 Å². The largest absolute Gasteiger partial charge is 0.444 e. The Hall–Kier alpha value is -2.14. The minimum atomic E-state index is -0.301. The Balaban J connectivity index is 1.71. The smallest absolute Gasteiger partial charge is 0.226 e. The molecular weight excluding hydrogens is 275 g/mol. The summed E-state index contributed by atoms with van der Waals surface area (Å²) in [6, 6.07) is 12.0. The summed E-state index contributed by atoms with van der Waals surface area (Å²) >= 11 is 1.58. The van der Waals surface area contributed by atoms with Gasteiger partial charge in [-0.15, -0.1) is 0 Å². The van der Waals surface area contributed by atoms with E-state index in [2.05, 4.69) is 9.97 Å². The fourth-order valence-electron chi connectivity index (χ4n) is 1.71. The number of halogens is 1. The Morgan fingerprint density at radius 1 is 1.15 bits per heavy atom. The van der Waals surface area contributed by atoms with Gasteiger partial charge in [-0.3, -0.25) is 0 Å². The van der Waals surface area contributed by atoms with E-state index in [0.29, 0.717) is 17.2 Å². The average molecular weight is 286 g/mol. The third-order valence-electron chi connectivity index (χ3n) is 2.63. The summed E-state index contributed by atoms with van der Waals surface area (Å²) in [6.07, 6.45) is 3.35. The van der Waals surface area contributed by atoms with Crippen LogP contribution in [0.4, 0.5) is 4.39 Å². The fourth-order valence-corrected chi connectivity index (χ4v) is 2.45. The van der Waals surface area contributed by atoms with Crippen LogP contribution in [0.3, 0.4) is 0 Å². The second-order valence-electron chi connectivity index (χ2n) is 4.11. The standard InChI is InChI=1S/C15H11FN2OS/c16-12-5-3-4-11(8-12)15-18-13(9-19-15)10-20-14-6-1-2-7-17-14/h1-9H,10H2. The van der Waals surface area contributed by atoms with Gasteiger partial charge in [0.15, 0.2) is 0 Å². The van der Waals surface area contributed by atoms with E-state index in [0.717, 1.165) is 10.7 Å². The molecule has 0 aliphatic carbocycles. The van der Waals surface area contributed by atoms with Crippen molar-refractivity contribution in [1.82, 2.24) is 9.97 Å². The third-order valence-corrected chi connectivity index (χ3v) is 3.61. The number of pyridine rings is 1. The average Bonchev–Trinajstić information content (AvgIpc) is 2.95. The van der Waals surface area contributed by atoms with Crippen LogP contribution in [0.2, 0.25) is 0 Å². The second-order valence-corrected chi connectivity index (χ2v) is 5.11. The van der Waals surface area contributed by atoms with Crippen LogP contribution < -0.4 is 0 Å². The normalized spacial score (nSPS) is 10.7. The van der Waals surface area contributed by atoms with Gasteiger partial charge in [-0.05, 0) is 30.3 Å². The van der Waals surface area contributed by atoms with Crippen molar-refractivity contribution in [3.05, 3.63) is 66.4 Å². The van der Waals surface area contributed by atoms with Gasteiger partial charge in [0.25, 0.3) is 0 Å². The molecule has 20 heavy (non-hydrogen) atoms. The lowest BCUT2D eigenvalue weighted by Gasteiger charge is -1.96. The van der Waals surface area contributed by atoms with E-state index in [4.69, 9.17) is 4.42 Å². The highest BCUT2D eigenvalue weighted by atomic mass is 32.2. The number of oxazole rings is 1. The van der Waals surface area contributed by atoms with Crippen molar-refractivity contribution in [2.45, 2.75) is 10.8 Å². The van der Waals surface area contributed by atoms with Crippen molar-refractivity contribution in [2.24, 2.45) is 0 Å². The molecule has 0 aliphatic rings. The molecule has 0 radical (unpaired) electrons. The first-order valence-electron chi connectivity index (χ1n) is 6.05.